The lowest BCUT2D eigenvalue weighted by atomic mass is 9.90. The summed E-state index contributed by atoms with van der Waals surface area (Å²) < 4.78 is 6.91. The fourth-order valence-corrected chi connectivity index (χ4v) is 2.72. The Morgan fingerprint density at radius 1 is 1.55 bits per heavy atom. The van der Waals surface area contributed by atoms with E-state index in [1.54, 1.807) is 13.3 Å². The Kier molecular flexibility index (Phi) is 5.17. The highest BCUT2D eigenvalue weighted by molar-refractivity contribution is 9.10. The van der Waals surface area contributed by atoms with Gasteiger partial charge in [0.25, 0.3) is 5.56 Å². The molecule has 20 heavy (non-hydrogen) atoms. The van der Waals surface area contributed by atoms with Crippen molar-refractivity contribution in [1.82, 2.24) is 15.1 Å². The smallest absolute Gasteiger partial charge is 0.283 e. The topological polar surface area (TPSA) is 68.2 Å². The molecule has 1 aromatic heterocycles. The molecule has 0 unspecified atom stereocenters. The predicted octanol–water partition coefficient (Wildman–Crippen LogP) is 1.21. The average molecular weight is 345 g/mol. The number of nitrogens with zero attached hydrogens (tertiary/aromatic N) is 2. The van der Waals surface area contributed by atoms with Crippen molar-refractivity contribution in [2.75, 3.05) is 32.1 Å². The summed E-state index contributed by atoms with van der Waals surface area (Å²) in [5, 5.41) is 11.0. The first-order chi connectivity index (χ1) is 9.56. The fraction of sp³-hybridized carbons (Fsp3) is 0.692. The lowest BCUT2D eigenvalue weighted by Gasteiger charge is -2.36. The maximum absolute atomic E-state index is 12.2. The monoisotopic (exact) mass is 344 g/mol. The van der Waals surface area contributed by atoms with Crippen molar-refractivity contribution >= 4 is 21.6 Å². The summed E-state index contributed by atoms with van der Waals surface area (Å²) in [5.41, 5.74) is 0.623. The van der Waals surface area contributed by atoms with E-state index < -0.39 is 0 Å². The summed E-state index contributed by atoms with van der Waals surface area (Å²) in [4.78, 5) is 12.2. The first-order valence-electron chi connectivity index (χ1n) is 6.79. The van der Waals surface area contributed by atoms with Crippen molar-refractivity contribution < 1.29 is 4.74 Å². The quantitative estimate of drug-likeness (QED) is 0.840. The minimum absolute atomic E-state index is 0.000598. The zero-order chi connectivity index (χ0) is 14.6. The van der Waals surface area contributed by atoms with E-state index in [2.05, 4.69) is 38.6 Å². The Morgan fingerprint density at radius 3 is 2.90 bits per heavy atom. The third-order valence-corrected chi connectivity index (χ3v) is 4.40. The zero-order valence-electron chi connectivity index (χ0n) is 11.9. The van der Waals surface area contributed by atoms with Crippen molar-refractivity contribution in [2.45, 2.75) is 31.8 Å². The molecule has 6 nitrogen and oxygen atoms in total. The number of nitrogens with one attached hydrogen (secondary N) is 2. The van der Waals surface area contributed by atoms with Crippen LogP contribution in [0.5, 0.6) is 0 Å². The molecule has 0 saturated carbocycles. The summed E-state index contributed by atoms with van der Waals surface area (Å²) in [6.45, 7) is 5.07. The second-order valence-corrected chi connectivity index (χ2v) is 6.12. The van der Waals surface area contributed by atoms with Gasteiger partial charge in [-0.25, -0.2) is 4.68 Å². The molecule has 0 bridgehead atoms. The molecule has 1 fully saturated rings. The van der Waals surface area contributed by atoms with E-state index in [9.17, 15) is 4.79 Å². The molecule has 2 heterocycles. The van der Waals surface area contributed by atoms with Gasteiger partial charge in [0, 0.05) is 12.6 Å². The van der Waals surface area contributed by atoms with E-state index >= 15 is 0 Å². The SMILES string of the molecule is COCCn1ncc(NC2(C)CCNCC2)c(Br)c1=O. The predicted molar refractivity (Wildman–Crippen MR) is 82.2 cm³/mol. The van der Waals surface area contributed by atoms with Crippen LogP contribution < -0.4 is 16.2 Å². The highest BCUT2D eigenvalue weighted by Gasteiger charge is 2.27. The second kappa shape index (κ2) is 6.69. The number of anilines is 1. The molecule has 0 amide bonds. The van der Waals surface area contributed by atoms with Gasteiger partial charge >= 0.3 is 0 Å². The standard InChI is InChI=1S/C13H21BrN4O2/c1-13(3-5-15-6-4-13)17-10-9-16-18(7-8-20-2)12(19)11(10)14/h9,15,17H,3-8H2,1-2H3. The van der Waals surface area contributed by atoms with Crippen LogP contribution in [0.3, 0.4) is 0 Å². The normalized spacial score (nSPS) is 17.9. The van der Waals surface area contributed by atoms with Gasteiger partial charge in [0.15, 0.2) is 0 Å². The summed E-state index contributed by atoms with van der Waals surface area (Å²) in [6.07, 6.45) is 3.74. The molecule has 0 aromatic carbocycles. The highest BCUT2D eigenvalue weighted by Crippen LogP contribution is 2.26. The van der Waals surface area contributed by atoms with E-state index in [4.69, 9.17) is 4.74 Å². The van der Waals surface area contributed by atoms with Crippen LogP contribution in [0, 0.1) is 0 Å². The largest absolute Gasteiger partial charge is 0.383 e. The maximum atomic E-state index is 12.2. The lowest BCUT2D eigenvalue weighted by Crippen LogP contribution is -2.45. The molecule has 1 aromatic rings. The molecule has 1 aliphatic heterocycles. The van der Waals surface area contributed by atoms with Crippen LogP contribution in [-0.2, 0) is 11.3 Å². The molecule has 2 rings (SSSR count). The lowest BCUT2D eigenvalue weighted by molar-refractivity contribution is 0.181. The van der Waals surface area contributed by atoms with Crippen LogP contribution >= 0.6 is 15.9 Å². The van der Waals surface area contributed by atoms with Gasteiger partial charge in [-0.3, -0.25) is 4.79 Å². The van der Waals surface area contributed by atoms with Crippen LogP contribution in [0.15, 0.2) is 15.5 Å². The van der Waals surface area contributed by atoms with Gasteiger partial charge in [-0.15, -0.1) is 0 Å². The molecular formula is C13H21BrN4O2. The molecule has 2 N–H and O–H groups in total. The number of methoxy groups -OCH3 is 1. The number of hydrogen-bond acceptors (Lipinski definition) is 5. The van der Waals surface area contributed by atoms with Crippen LogP contribution in [0.2, 0.25) is 0 Å². The molecule has 7 heteroatoms. The number of rotatable bonds is 5. The van der Waals surface area contributed by atoms with Crippen molar-refractivity contribution in [1.29, 1.82) is 0 Å². The third kappa shape index (κ3) is 3.59. The first-order valence-corrected chi connectivity index (χ1v) is 7.58. The minimum atomic E-state index is -0.135. The Labute approximate surface area is 127 Å². The Bertz CT molecular complexity index is 512. The molecule has 0 atom stereocenters. The minimum Gasteiger partial charge on any atom is -0.383 e. The van der Waals surface area contributed by atoms with Gasteiger partial charge < -0.3 is 15.4 Å². The Hall–Kier alpha value is -0.920. The molecule has 0 spiro atoms. The van der Waals surface area contributed by atoms with E-state index in [0.29, 0.717) is 17.6 Å². The number of piperidine rings is 1. The number of halogens is 1. The van der Waals surface area contributed by atoms with Gasteiger partial charge in [0.05, 0.1) is 25.0 Å². The van der Waals surface area contributed by atoms with Gasteiger partial charge in [0.1, 0.15) is 4.47 Å². The Balaban J connectivity index is 2.16. The molecule has 0 aliphatic carbocycles. The van der Waals surface area contributed by atoms with Crippen LogP contribution in [-0.4, -0.2) is 42.1 Å². The van der Waals surface area contributed by atoms with E-state index in [1.165, 1.54) is 4.68 Å². The van der Waals surface area contributed by atoms with Crippen molar-refractivity contribution in [3.05, 3.63) is 21.0 Å². The van der Waals surface area contributed by atoms with Crippen molar-refractivity contribution in [3.63, 3.8) is 0 Å². The third-order valence-electron chi connectivity index (χ3n) is 3.64. The van der Waals surface area contributed by atoms with Crippen LogP contribution in [0.4, 0.5) is 5.69 Å². The van der Waals surface area contributed by atoms with Crippen molar-refractivity contribution in [3.8, 4) is 0 Å². The molecule has 112 valence electrons. The summed E-state index contributed by atoms with van der Waals surface area (Å²) >= 11 is 3.38. The van der Waals surface area contributed by atoms with Gasteiger partial charge in [-0.1, -0.05) is 0 Å². The molecule has 0 radical (unpaired) electrons. The van der Waals surface area contributed by atoms with Crippen LogP contribution in [0.1, 0.15) is 19.8 Å². The van der Waals surface area contributed by atoms with Gasteiger partial charge in [-0.05, 0) is 48.8 Å². The highest BCUT2D eigenvalue weighted by atomic mass is 79.9. The molecular weight excluding hydrogens is 324 g/mol. The molecule has 1 aliphatic rings. The van der Waals surface area contributed by atoms with Crippen molar-refractivity contribution in [2.24, 2.45) is 0 Å². The fourth-order valence-electron chi connectivity index (χ4n) is 2.32. The molecule has 1 saturated heterocycles. The zero-order valence-corrected chi connectivity index (χ0v) is 13.5. The summed E-state index contributed by atoms with van der Waals surface area (Å²) in [6, 6.07) is 0. The second-order valence-electron chi connectivity index (χ2n) is 5.33. The number of hydrogen-bond donors (Lipinski definition) is 2. The maximum Gasteiger partial charge on any atom is 0.283 e. The van der Waals surface area contributed by atoms with E-state index in [-0.39, 0.29) is 11.1 Å². The van der Waals surface area contributed by atoms with E-state index in [1.807, 2.05) is 0 Å². The average Bonchev–Trinajstić information content (AvgIpc) is 2.44. The summed E-state index contributed by atoms with van der Waals surface area (Å²) in [5.74, 6) is 0. The van der Waals surface area contributed by atoms with E-state index in [0.717, 1.165) is 31.6 Å². The Morgan fingerprint density at radius 2 is 2.25 bits per heavy atom. The van der Waals surface area contributed by atoms with Gasteiger partial charge in [0.2, 0.25) is 0 Å². The summed E-state index contributed by atoms with van der Waals surface area (Å²) in [7, 11) is 1.61. The van der Waals surface area contributed by atoms with Crippen LogP contribution in [0.25, 0.3) is 0 Å². The van der Waals surface area contributed by atoms with Gasteiger partial charge in [-0.2, -0.15) is 5.10 Å². The number of ether oxygens (including phenoxy) is 1. The first kappa shape index (κ1) is 15.5. The number of aromatic nitrogens is 2.